The van der Waals surface area contributed by atoms with Crippen molar-refractivity contribution in [3.05, 3.63) is 65.4 Å². The van der Waals surface area contributed by atoms with Gasteiger partial charge in [-0.15, -0.1) is 0 Å². The first-order chi connectivity index (χ1) is 16.8. The van der Waals surface area contributed by atoms with E-state index in [-0.39, 0.29) is 28.2 Å². The highest BCUT2D eigenvalue weighted by molar-refractivity contribution is 7.90. The number of hydrogen-bond donors (Lipinski definition) is 1. The molecule has 1 amide bonds. The Hall–Kier alpha value is -2.97. The van der Waals surface area contributed by atoms with Crippen molar-refractivity contribution in [3.8, 4) is 17.0 Å². The van der Waals surface area contributed by atoms with E-state index in [1.165, 1.54) is 12.3 Å². The minimum absolute atomic E-state index is 0.0653. The first-order valence-corrected chi connectivity index (χ1v) is 13.8. The second kappa shape index (κ2) is 10.7. The summed E-state index contributed by atoms with van der Waals surface area (Å²) in [4.78, 5) is 21.9. The fourth-order valence-electron chi connectivity index (χ4n) is 4.75. The number of carbonyl (C=O) groups is 1. The molecule has 1 fully saturated rings. The standard InChI is InChI=1S/C26H28ClN3O4S/c1-34-23-10-6-5-9-19(23)22-15-29-25(16-28-22)30-26(31)14-20(17-7-3-4-8-17)18-11-12-24(21(27)13-18)35(2,32)33/h5-6,9-13,15-17,20H,3-4,7-8,14H2,1-2H3,(H,29,30,31). The molecule has 7 nitrogen and oxygen atoms in total. The lowest BCUT2D eigenvalue weighted by atomic mass is 9.82. The number of benzene rings is 2. The van der Waals surface area contributed by atoms with Gasteiger partial charge in [0.25, 0.3) is 0 Å². The third-order valence-corrected chi connectivity index (χ3v) is 8.04. The first-order valence-electron chi connectivity index (χ1n) is 11.5. The van der Waals surface area contributed by atoms with E-state index in [1.807, 2.05) is 24.3 Å². The van der Waals surface area contributed by atoms with Crippen LogP contribution in [0, 0.1) is 5.92 Å². The number of aromatic nitrogens is 2. The number of ether oxygens (including phenoxy) is 1. The fraction of sp³-hybridized carbons (Fsp3) is 0.346. The van der Waals surface area contributed by atoms with Crippen LogP contribution in [0.1, 0.15) is 43.6 Å². The number of nitrogens with one attached hydrogen (secondary N) is 1. The van der Waals surface area contributed by atoms with Crippen LogP contribution in [0.5, 0.6) is 5.75 Å². The van der Waals surface area contributed by atoms with Crippen LogP contribution in [0.4, 0.5) is 5.82 Å². The number of nitrogens with zero attached hydrogens (tertiary/aromatic N) is 2. The van der Waals surface area contributed by atoms with Crippen LogP contribution in [-0.4, -0.2) is 37.7 Å². The number of carbonyl (C=O) groups excluding carboxylic acids is 1. The van der Waals surface area contributed by atoms with E-state index in [9.17, 15) is 13.2 Å². The van der Waals surface area contributed by atoms with E-state index < -0.39 is 9.84 Å². The molecule has 0 spiro atoms. The van der Waals surface area contributed by atoms with Gasteiger partial charge in [-0.3, -0.25) is 9.78 Å². The van der Waals surface area contributed by atoms with E-state index in [0.29, 0.717) is 23.2 Å². The Morgan fingerprint density at radius 1 is 1.14 bits per heavy atom. The zero-order chi connectivity index (χ0) is 25.0. The van der Waals surface area contributed by atoms with Gasteiger partial charge in [0.2, 0.25) is 5.91 Å². The lowest BCUT2D eigenvalue weighted by Gasteiger charge is -2.24. The van der Waals surface area contributed by atoms with Gasteiger partial charge < -0.3 is 10.1 Å². The van der Waals surface area contributed by atoms with Crippen molar-refractivity contribution in [3.63, 3.8) is 0 Å². The topological polar surface area (TPSA) is 98.2 Å². The summed E-state index contributed by atoms with van der Waals surface area (Å²) in [6, 6.07) is 12.5. The average molecular weight is 514 g/mol. The maximum atomic E-state index is 13.0. The zero-order valence-electron chi connectivity index (χ0n) is 19.7. The van der Waals surface area contributed by atoms with Gasteiger partial charge in [-0.2, -0.15) is 0 Å². The number of halogens is 1. The van der Waals surface area contributed by atoms with E-state index in [2.05, 4.69) is 15.3 Å². The molecule has 1 aliphatic rings. The van der Waals surface area contributed by atoms with Gasteiger partial charge in [-0.1, -0.05) is 42.6 Å². The molecule has 1 unspecified atom stereocenters. The van der Waals surface area contributed by atoms with Crippen molar-refractivity contribution in [1.29, 1.82) is 0 Å². The molecule has 1 N–H and O–H groups in total. The van der Waals surface area contributed by atoms with Crippen molar-refractivity contribution >= 4 is 33.2 Å². The Balaban J connectivity index is 1.50. The van der Waals surface area contributed by atoms with Crippen molar-refractivity contribution in [1.82, 2.24) is 9.97 Å². The van der Waals surface area contributed by atoms with Crippen LogP contribution in [0.2, 0.25) is 5.02 Å². The highest BCUT2D eigenvalue weighted by atomic mass is 35.5. The smallest absolute Gasteiger partial charge is 0.226 e. The SMILES string of the molecule is COc1ccccc1-c1cnc(NC(=O)CC(c2ccc(S(C)(=O)=O)c(Cl)c2)C2CCCC2)cn1. The van der Waals surface area contributed by atoms with E-state index >= 15 is 0 Å². The molecule has 1 heterocycles. The summed E-state index contributed by atoms with van der Waals surface area (Å²) < 4.78 is 29.3. The van der Waals surface area contributed by atoms with Gasteiger partial charge in [0, 0.05) is 18.2 Å². The van der Waals surface area contributed by atoms with Gasteiger partial charge in [0.15, 0.2) is 15.7 Å². The number of hydrogen-bond acceptors (Lipinski definition) is 6. The van der Waals surface area contributed by atoms with Gasteiger partial charge in [-0.25, -0.2) is 13.4 Å². The highest BCUT2D eigenvalue weighted by Crippen LogP contribution is 2.41. The molecule has 1 atom stereocenters. The van der Waals surface area contributed by atoms with Gasteiger partial charge in [-0.05, 0) is 54.5 Å². The molecule has 1 saturated carbocycles. The number of sulfone groups is 1. The first kappa shape index (κ1) is 25.1. The molecule has 1 aromatic heterocycles. The Morgan fingerprint density at radius 3 is 2.51 bits per heavy atom. The van der Waals surface area contributed by atoms with Crippen LogP contribution in [0.3, 0.4) is 0 Å². The monoisotopic (exact) mass is 513 g/mol. The van der Waals surface area contributed by atoms with Crippen molar-refractivity contribution in [2.24, 2.45) is 5.92 Å². The summed E-state index contributed by atoms with van der Waals surface area (Å²) in [6.07, 6.45) is 8.80. The second-order valence-electron chi connectivity index (χ2n) is 8.85. The van der Waals surface area contributed by atoms with Gasteiger partial charge >= 0.3 is 0 Å². The molecule has 0 saturated heterocycles. The number of methoxy groups -OCH3 is 1. The Kier molecular flexibility index (Phi) is 7.72. The average Bonchev–Trinajstić information content (AvgIpc) is 3.37. The summed E-state index contributed by atoms with van der Waals surface area (Å²) in [5, 5.41) is 3.04. The predicted molar refractivity (Wildman–Crippen MR) is 137 cm³/mol. The van der Waals surface area contributed by atoms with E-state index in [4.69, 9.17) is 16.3 Å². The van der Waals surface area contributed by atoms with Crippen molar-refractivity contribution in [2.75, 3.05) is 18.7 Å². The quantitative estimate of drug-likeness (QED) is 0.426. The predicted octanol–water partition coefficient (Wildman–Crippen LogP) is 5.51. The Labute approximate surface area is 210 Å². The van der Waals surface area contributed by atoms with Crippen LogP contribution in [-0.2, 0) is 14.6 Å². The molecule has 9 heteroatoms. The lowest BCUT2D eigenvalue weighted by Crippen LogP contribution is -2.20. The summed E-state index contributed by atoms with van der Waals surface area (Å²) in [5.74, 6) is 1.15. The molecule has 1 aliphatic carbocycles. The van der Waals surface area contributed by atoms with Crippen LogP contribution in [0.25, 0.3) is 11.3 Å². The minimum Gasteiger partial charge on any atom is -0.496 e. The highest BCUT2D eigenvalue weighted by Gasteiger charge is 2.29. The number of amides is 1. The third-order valence-electron chi connectivity index (χ3n) is 6.46. The second-order valence-corrected chi connectivity index (χ2v) is 11.2. The van der Waals surface area contributed by atoms with Crippen molar-refractivity contribution < 1.29 is 17.9 Å². The Morgan fingerprint density at radius 2 is 1.89 bits per heavy atom. The molecular formula is C26H28ClN3O4S. The largest absolute Gasteiger partial charge is 0.496 e. The molecule has 0 aliphatic heterocycles. The van der Waals surface area contributed by atoms with Gasteiger partial charge in [0.1, 0.15) is 5.75 Å². The minimum atomic E-state index is -3.42. The van der Waals surface area contributed by atoms with Crippen molar-refractivity contribution in [2.45, 2.75) is 42.9 Å². The fourth-order valence-corrected chi connectivity index (χ4v) is 6.08. The summed E-state index contributed by atoms with van der Waals surface area (Å²) >= 11 is 6.31. The molecule has 4 rings (SSSR count). The van der Waals surface area contributed by atoms with E-state index in [0.717, 1.165) is 43.1 Å². The maximum Gasteiger partial charge on any atom is 0.226 e. The van der Waals surface area contributed by atoms with Gasteiger partial charge in [0.05, 0.1) is 35.1 Å². The summed E-state index contributed by atoms with van der Waals surface area (Å²) in [5.41, 5.74) is 2.34. The molecule has 35 heavy (non-hydrogen) atoms. The van der Waals surface area contributed by atoms with Crippen LogP contribution >= 0.6 is 11.6 Å². The zero-order valence-corrected chi connectivity index (χ0v) is 21.3. The molecular weight excluding hydrogens is 486 g/mol. The van der Waals surface area contributed by atoms with Crippen LogP contribution in [0.15, 0.2) is 59.8 Å². The normalized spacial score (nSPS) is 15.1. The third kappa shape index (κ3) is 6.00. The number of rotatable bonds is 8. The maximum absolute atomic E-state index is 13.0. The number of anilines is 1. The molecule has 0 bridgehead atoms. The lowest BCUT2D eigenvalue weighted by molar-refractivity contribution is -0.116. The molecule has 184 valence electrons. The van der Waals surface area contributed by atoms with E-state index in [1.54, 1.807) is 25.4 Å². The Bertz CT molecular complexity index is 1310. The summed E-state index contributed by atoms with van der Waals surface area (Å²) in [6.45, 7) is 0. The number of para-hydroxylation sites is 1. The molecule has 3 aromatic rings. The molecule has 2 aromatic carbocycles. The molecule has 0 radical (unpaired) electrons. The van der Waals surface area contributed by atoms with Crippen LogP contribution < -0.4 is 10.1 Å². The summed E-state index contributed by atoms with van der Waals surface area (Å²) in [7, 11) is -1.82.